The normalized spacial score (nSPS) is 15.6. The molecule has 6 nitrogen and oxygen atoms in total. The molecule has 1 amide bonds. The van der Waals surface area contributed by atoms with E-state index in [0.29, 0.717) is 19.1 Å². The number of carbonyl (C=O) groups excluding carboxylic acids is 1. The molecule has 1 aromatic heterocycles. The van der Waals surface area contributed by atoms with Crippen LogP contribution in [0.15, 0.2) is 36.5 Å². The van der Waals surface area contributed by atoms with Gasteiger partial charge in [-0.05, 0) is 44.9 Å². The summed E-state index contributed by atoms with van der Waals surface area (Å²) in [6.45, 7) is 3.01. The van der Waals surface area contributed by atoms with Gasteiger partial charge in [0.05, 0.1) is 25.0 Å². The minimum absolute atomic E-state index is 0.0225. The lowest BCUT2D eigenvalue weighted by Crippen LogP contribution is -2.40. The fourth-order valence-corrected chi connectivity index (χ4v) is 2.62. The SMILES string of the molecule is C[C@@H](C1CC1)N(C)CC(=O)NCc1cnn(-c2ccccc2)n1. The summed E-state index contributed by atoms with van der Waals surface area (Å²) in [6.07, 6.45) is 4.26. The predicted molar refractivity (Wildman–Crippen MR) is 88.0 cm³/mol. The number of hydrogen-bond donors (Lipinski definition) is 1. The van der Waals surface area contributed by atoms with Crippen LogP contribution < -0.4 is 5.32 Å². The van der Waals surface area contributed by atoms with Gasteiger partial charge in [0.2, 0.25) is 5.91 Å². The Bertz CT molecular complexity index is 650. The lowest BCUT2D eigenvalue weighted by Gasteiger charge is -2.23. The molecular formula is C17H23N5O. The van der Waals surface area contributed by atoms with Crippen LogP contribution in [0.4, 0.5) is 0 Å². The van der Waals surface area contributed by atoms with Gasteiger partial charge in [0.1, 0.15) is 5.69 Å². The Hall–Kier alpha value is -2.21. The van der Waals surface area contributed by atoms with E-state index in [4.69, 9.17) is 0 Å². The first-order chi connectivity index (χ1) is 11.1. The molecule has 122 valence electrons. The Morgan fingerprint density at radius 1 is 1.39 bits per heavy atom. The maximum absolute atomic E-state index is 12.0. The van der Waals surface area contributed by atoms with Crippen molar-refractivity contribution in [2.45, 2.75) is 32.4 Å². The lowest BCUT2D eigenvalue weighted by atomic mass is 10.2. The lowest BCUT2D eigenvalue weighted by molar-refractivity contribution is -0.122. The molecule has 1 N–H and O–H groups in total. The first kappa shape index (κ1) is 15.7. The highest BCUT2D eigenvalue weighted by Crippen LogP contribution is 2.34. The zero-order valence-corrected chi connectivity index (χ0v) is 13.6. The summed E-state index contributed by atoms with van der Waals surface area (Å²) in [4.78, 5) is 15.7. The molecule has 0 unspecified atom stereocenters. The average molecular weight is 313 g/mol. The van der Waals surface area contributed by atoms with Gasteiger partial charge in [0, 0.05) is 6.04 Å². The summed E-state index contributed by atoms with van der Waals surface area (Å²) >= 11 is 0. The van der Waals surface area contributed by atoms with Gasteiger partial charge in [-0.25, -0.2) is 0 Å². The Balaban J connectivity index is 1.48. The number of para-hydroxylation sites is 1. The van der Waals surface area contributed by atoms with Crippen molar-refractivity contribution >= 4 is 5.91 Å². The second-order valence-electron chi connectivity index (χ2n) is 6.23. The van der Waals surface area contributed by atoms with E-state index in [9.17, 15) is 4.79 Å². The largest absolute Gasteiger partial charge is 0.349 e. The maximum atomic E-state index is 12.0. The monoisotopic (exact) mass is 313 g/mol. The van der Waals surface area contributed by atoms with E-state index in [-0.39, 0.29) is 5.91 Å². The summed E-state index contributed by atoms with van der Waals surface area (Å²) in [7, 11) is 2.01. The van der Waals surface area contributed by atoms with Gasteiger partial charge in [-0.15, -0.1) is 0 Å². The molecule has 1 atom stereocenters. The van der Waals surface area contributed by atoms with Crippen LogP contribution in [0.25, 0.3) is 5.69 Å². The fraction of sp³-hybridized carbons (Fsp3) is 0.471. The standard InChI is InChI=1S/C17H23N5O/c1-13(14-8-9-14)21(2)12-17(23)18-10-15-11-19-22(20-15)16-6-4-3-5-7-16/h3-7,11,13-14H,8-10,12H2,1-2H3,(H,18,23)/t13-/m0/s1. The molecule has 6 heteroatoms. The van der Waals surface area contributed by atoms with Gasteiger partial charge >= 0.3 is 0 Å². The van der Waals surface area contributed by atoms with Crippen molar-refractivity contribution < 1.29 is 4.79 Å². The third kappa shape index (κ3) is 4.16. The Labute approximate surface area is 136 Å². The number of carbonyl (C=O) groups is 1. The van der Waals surface area contributed by atoms with Crippen molar-refractivity contribution in [1.82, 2.24) is 25.2 Å². The van der Waals surface area contributed by atoms with Crippen molar-refractivity contribution in [1.29, 1.82) is 0 Å². The van der Waals surface area contributed by atoms with Gasteiger partial charge in [0.25, 0.3) is 0 Å². The molecule has 1 aliphatic rings. The van der Waals surface area contributed by atoms with Crippen molar-refractivity contribution in [3.05, 3.63) is 42.2 Å². The first-order valence-corrected chi connectivity index (χ1v) is 8.07. The van der Waals surface area contributed by atoms with Crippen molar-refractivity contribution in [3.8, 4) is 5.69 Å². The van der Waals surface area contributed by atoms with E-state index in [0.717, 1.165) is 17.3 Å². The Morgan fingerprint density at radius 2 is 2.13 bits per heavy atom. The van der Waals surface area contributed by atoms with Crippen molar-refractivity contribution in [2.75, 3.05) is 13.6 Å². The molecular weight excluding hydrogens is 290 g/mol. The zero-order chi connectivity index (χ0) is 16.2. The molecule has 23 heavy (non-hydrogen) atoms. The molecule has 0 bridgehead atoms. The minimum atomic E-state index is 0.0225. The van der Waals surface area contributed by atoms with Crippen molar-refractivity contribution in [3.63, 3.8) is 0 Å². The van der Waals surface area contributed by atoms with E-state index in [1.54, 1.807) is 11.0 Å². The van der Waals surface area contributed by atoms with E-state index in [1.807, 2.05) is 37.4 Å². The van der Waals surface area contributed by atoms with E-state index in [2.05, 4.69) is 27.3 Å². The zero-order valence-electron chi connectivity index (χ0n) is 13.6. The first-order valence-electron chi connectivity index (χ1n) is 8.07. The highest BCUT2D eigenvalue weighted by molar-refractivity contribution is 5.77. The number of likely N-dealkylation sites (N-methyl/N-ethyl adjacent to an activating group) is 1. The van der Waals surface area contributed by atoms with Crippen LogP contribution >= 0.6 is 0 Å². The molecule has 1 fully saturated rings. The highest BCUT2D eigenvalue weighted by Gasteiger charge is 2.30. The minimum Gasteiger partial charge on any atom is -0.349 e. The number of amides is 1. The Morgan fingerprint density at radius 3 is 2.83 bits per heavy atom. The van der Waals surface area contributed by atoms with Gasteiger partial charge in [-0.1, -0.05) is 18.2 Å². The predicted octanol–water partition coefficient (Wildman–Crippen LogP) is 1.61. The van der Waals surface area contributed by atoms with E-state index in [1.165, 1.54) is 12.8 Å². The second-order valence-corrected chi connectivity index (χ2v) is 6.23. The molecule has 0 saturated heterocycles. The summed E-state index contributed by atoms with van der Waals surface area (Å²) < 4.78 is 0. The summed E-state index contributed by atoms with van der Waals surface area (Å²) in [5.41, 5.74) is 1.66. The number of nitrogens with zero attached hydrogens (tertiary/aromatic N) is 4. The highest BCUT2D eigenvalue weighted by atomic mass is 16.2. The molecule has 0 radical (unpaired) electrons. The molecule has 0 aliphatic heterocycles. The molecule has 1 aromatic carbocycles. The topological polar surface area (TPSA) is 63.1 Å². The van der Waals surface area contributed by atoms with Crippen LogP contribution in [-0.2, 0) is 11.3 Å². The number of nitrogens with one attached hydrogen (secondary N) is 1. The number of aromatic nitrogens is 3. The van der Waals surface area contributed by atoms with E-state index >= 15 is 0 Å². The second kappa shape index (κ2) is 6.91. The van der Waals surface area contributed by atoms with Crippen LogP contribution in [0.5, 0.6) is 0 Å². The number of hydrogen-bond acceptors (Lipinski definition) is 4. The van der Waals surface area contributed by atoms with Crippen molar-refractivity contribution in [2.24, 2.45) is 5.92 Å². The van der Waals surface area contributed by atoms with Gasteiger partial charge in [0.15, 0.2) is 0 Å². The molecule has 2 aromatic rings. The maximum Gasteiger partial charge on any atom is 0.234 e. The van der Waals surface area contributed by atoms with Gasteiger partial charge in [-0.3, -0.25) is 9.69 Å². The molecule has 1 saturated carbocycles. The van der Waals surface area contributed by atoms with Gasteiger partial charge < -0.3 is 5.32 Å². The third-order valence-corrected chi connectivity index (χ3v) is 4.39. The fourth-order valence-electron chi connectivity index (χ4n) is 2.62. The summed E-state index contributed by atoms with van der Waals surface area (Å²) in [6, 6.07) is 10.2. The van der Waals surface area contributed by atoms with Crippen LogP contribution in [0.2, 0.25) is 0 Å². The van der Waals surface area contributed by atoms with E-state index < -0.39 is 0 Å². The molecule has 1 heterocycles. The quantitative estimate of drug-likeness (QED) is 0.843. The summed E-state index contributed by atoms with van der Waals surface area (Å²) in [5.74, 6) is 0.785. The third-order valence-electron chi connectivity index (χ3n) is 4.39. The summed E-state index contributed by atoms with van der Waals surface area (Å²) in [5, 5.41) is 11.5. The molecule has 0 spiro atoms. The number of rotatable bonds is 7. The van der Waals surface area contributed by atoms with Crippen LogP contribution in [0, 0.1) is 5.92 Å². The average Bonchev–Trinajstić information content (AvgIpc) is 3.31. The molecule has 3 rings (SSSR count). The van der Waals surface area contributed by atoms with Crippen LogP contribution in [-0.4, -0.2) is 45.4 Å². The van der Waals surface area contributed by atoms with Gasteiger partial charge in [-0.2, -0.15) is 15.0 Å². The van der Waals surface area contributed by atoms with Crippen LogP contribution in [0.3, 0.4) is 0 Å². The molecule has 1 aliphatic carbocycles. The van der Waals surface area contributed by atoms with Crippen LogP contribution in [0.1, 0.15) is 25.5 Å². The Kier molecular flexibility index (Phi) is 4.71. The smallest absolute Gasteiger partial charge is 0.234 e. The number of benzene rings is 1.